The van der Waals surface area contributed by atoms with Crippen molar-refractivity contribution in [1.29, 1.82) is 0 Å². The molecule has 0 aliphatic carbocycles. The van der Waals surface area contributed by atoms with Gasteiger partial charge in [0, 0.05) is 19.5 Å². The van der Waals surface area contributed by atoms with E-state index in [1.807, 2.05) is 0 Å². The van der Waals surface area contributed by atoms with Gasteiger partial charge in [0.05, 0.1) is 5.69 Å². The molecule has 0 bridgehead atoms. The van der Waals surface area contributed by atoms with E-state index >= 15 is 0 Å². The maximum absolute atomic E-state index is 5.59. The zero-order chi connectivity index (χ0) is 9.42. The third-order valence-corrected chi connectivity index (χ3v) is 3.51. The average Bonchev–Trinajstić information content (AvgIpc) is 2.42. The standard InChI is InChI=1S/C9H14BrN3/c1-6-2-3-13-8(4-6)12-7(5-11)9(13)10/h6H,2-5,11H2,1H3. The molecular formula is C9H14BrN3. The maximum atomic E-state index is 5.59. The van der Waals surface area contributed by atoms with Crippen LogP contribution < -0.4 is 5.73 Å². The molecule has 2 rings (SSSR count). The minimum Gasteiger partial charge on any atom is -0.325 e. The summed E-state index contributed by atoms with van der Waals surface area (Å²) in [5, 5.41) is 0. The fourth-order valence-electron chi connectivity index (χ4n) is 1.81. The molecule has 1 unspecified atom stereocenters. The van der Waals surface area contributed by atoms with Crippen molar-refractivity contribution < 1.29 is 0 Å². The minimum absolute atomic E-state index is 0.523. The van der Waals surface area contributed by atoms with Crippen molar-refractivity contribution in [2.45, 2.75) is 32.9 Å². The predicted octanol–water partition coefficient (Wildman–Crippen LogP) is 1.69. The predicted molar refractivity (Wildman–Crippen MR) is 55.3 cm³/mol. The van der Waals surface area contributed by atoms with Crippen LogP contribution in [0.5, 0.6) is 0 Å². The molecule has 1 aliphatic heterocycles. The second kappa shape index (κ2) is 3.42. The lowest BCUT2D eigenvalue weighted by molar-refractivity contribution is 0.406. The number of imidazole rings is 1. The number of nitrogens with zero attached hydrogens (tertiary/aromatic N) is 2. The summed E-state index contributed by atoms with van der Waals surface area (Å²) in [7, 11) is 0. The minimum atomic E-state index is 0.523. The van der Waals surface area contributed by atoms with E-state index in [0.717, 1.165) is 29.2 Å². The van der Waals surface area contributed by atoms with Gasteiger partial charge < -0.3 is 10.3 Å². The summed E-state index contributed by atoms with van der Waals surface area (Å²) in [4.78, 5) is 4.51. The quantitative estimate of drug-likeness (QED) is 0.816. The first kappa shape index (κ1) is 9.21. The van der Waals surface area contributed by atoms with Gasteiger partial charge in [0.15, 0.2) is 0 Å². The average molecular weight is 244 g/mol. The topological polar surface area (TPSA) is 43.8 Å². The summed E-state index contributed by atoms with van der Waals surface area (Å²) in [5.74, 6) is 1.94. The second-order valence-electron chi connectivity index (χ2n) is 3.72. The van der Waals surface area contributed by atoms with E-state index in [9.17, 15) is 0 Å². The normalized spacial score (nSPS) is 21.6. The van der Waals surface area contributed by atoms with Crippen LogP contribution >= 0.6 is 15.9 Å². The third-order valence-electron chi connectivity index (χ3n) is 2.62. The summed E-state index contributed by atoms with van der Waals surface area (Å²) in [6, 6.07) is 0. The van der Waals surface area contributed by atoms with Gasteiger partial charge in [-0.15, -0.1) is 0 Å². The van der Waals surface area contributed by atoms with Crippen LogP contribution in [0.2, 0.25) is 0 Å². The smallest absolute Gasteiger partial charge is 0.110 e. The fraction of sp³-hybridized carbons (Fsp3) is 0.667. The van der Waals surface area contributed by atoms with Crippen molar-refractivity contribution in [2.75, 3.05) is 0 Å². The molecule has 0 radical (unpaired) electrons. The summed E-state index contributed by atoms with van der Waals surface area (Å²) >= 11 is 3.54. The first-order chi connectivity index (χ1) is 6.22. The molecule has 0 saturated carbocycles. The van der Waals surface area contributed by atoms with Crippen LogP contribution in [0, 0.1) is 5.92 Å². The molecule has 13 heavy (non-hydrogen) atoms. The molecule has 0 aromatic carbocycles. The van der Waals surface area contributed by atoms with Crippen LogP contribution in [0.3, 0.4) is 0 Å². The summed E-state index contributed by atoms with van der Waals surface area (Å²) in [6.07, 6.45) is 2.32. The highest BCUT2D eigenvalue weighted by Crippen LogP contribution is 2.26. The van der Waals surface area contributed by atoms with Crippen LogP contribution in [0.25, 0.3) is 0 Å². The molecule has 0 fully saturated rings. The number of hydrogen-bond donors (Lipinski definition) is 1. The van der Waals surface area contributed by atoms with Crippen molar-refractivity contribution >= 4 is 15.9 Å². The van der Waals surface area contributed by atoms with Crippen LogP contribution in [0.15, 0.2) is 4.60 Å². The van der Waals surface area contributed by atoms with E-state index in [-0.39, 0.29) is 0 Å². The molecule has 2 N–H and O–H groups in total. The van der Waals surface area contributed by atoms with Gasteiger partial charge in [-0.3, -0.25) is 0 Å². The molecule has 0 amide bonds. The van der Waals surface area contributed by atoms with Gasteiger partial charge in [-0.2, -0.15) is 0 Å². The number of fused-ring (bicyclic) bond motifs is 1. The van der Waals surface area contributed by atoms with Crippen molar-refractivity contribution in [2.24, 2.45) is 11.7 Å². The molecule has 72 valence electrons. The number of nitrogens with two attached hydrogens (primary N) is 1. The Morgan fingerprint density at radius 3 is 3.15 bits per heavy atom. The van der Waals surface area contributed by atoms with E-state index in [4.69, 9.17) is 5.73 Å². The van der Waals surface area contributed by atoms with Crippen LogP contribution in [0.4, 0.5) is 0 Å². The largest absolute Gasteiger partial charge is 0.325 e. The Morgan fingerprint density at radius 1 is 1.69 bits per heavy atom. The van der Waals surface area contributed by atoms with Crippen LogP contribution in [0.1, 0.15) is 24.9 Å². The summed E-state index contributed by atoms with van der Waals surface area (Å²) < 4.78 is 3.32. The zero-order valence-corrected chi connectivity index (χ0v) is 9.34. The van der Waals surface area contributed by atoms with E-state index < -0.39 is 0 Å². The third kappa shape index (κ3) is 1.53. The molecule has 0 spiro atoms. The van der Waals surface area contributed by atoms with E-state index in [2.05, 4.69) is 32.4 Å². The Bertz CT molecular complexity index is 319. The Morgan fingerprint density at radius 2 is 2.46 bits per heavy atom. The van der Waals surface area contributed by atoms with Gasteiger partial charge in [-0.25, -0.2) is 4.98 Å². The van der Waals surface area contributed by atoms with E-state index in [0.29, 0.717) is 6.54 Å². The van der Waals surface area contributed by atoms with Gasteiger partial charge in [-0.1, -0.05) is 6.92 Å². The second-order valence-corrected chi connectivity index (χ2v) is 4.47. The summed E-state index contributed by atoms with van der Waals surface area (Å²) in [5.41, 5.74) is 6.58. The summed E-state index contributed by atoms with van der Waals surface area (Å²) in [6.45, 7) is 3.87. The fourth-order valence-corrected chi connectivity index (χ4v) is 2.44. The Labute approximate surface area is 86.5 Å². The molecule has 0 saturated heterocycles. The van der Waals surface area contributed by atoms with Crippen molar-refractivity contribution in [1.82, 2.24) is 9.55 Å². The lowest BCUT2D eigenvalue weighted by Gasteiger charge is -2.19. The first-order valence-corrected chi connectivity index (χ1v) is 5.45. The molecule has 3 nitrogen and oxygen atoms in total. The molecule has 1 aromatic rings. The highest BCUT2D eigenvalue weighted by molar-refractivity contribution is 9.10. The number of halogens is 1. The van der Waals surface area contributed by atoms with E-state index in [1.54, 1.807) is 0 Å². The maximum Gasteiger partial charge on any atom is 0.110 e. The Hall–Kier alpha value is -0.350. The number of hydrogen-bond acceptors (Lipinski definition) is 2. The van der Waals surface area contributed by atoms with Crippen molar-refractivity contribution in [3.63, 3.8) is 0 Å². The van der Waals surface area contributed by atoms with Gasteiger partial charge in [0.2, 0.25) is 0 Å². The lowest BCUT2D eigenvalue weighted by Crippen LogP contribution is -2.17. The first-order valence-electron chi connectivity index (χ1n) is 4.66. The van der Waals surface area contributed by atoms with Crippen molar-refractivity contribution in [3.8, 4) is 0 Å². The SMILES string of the molecule is CC1CCn2c(nc(CN)c2Br)C1. The molecule has 1 atom stereocenters. The monoisotopic (exact) mass is 243 g/mol. The van der Waals surface area contributed by atoms with Gasteiger partial charge in [-0.05, 0) is 28.3 Å². The lowest BCUT2D eigenvalue weighted by atomic mass is 10.0. The molecular weight excluding hydrogens is 230 g/mol. The molecule has 2 heterocycles. The zero-order valence-electron chi connectivity index (χ0n) is 7.76. The highest BCUT2D eigenvalue weighted by atomic mass is 79.9. The van der Waals surface area contributed by atoms with Gasteiger partial charge in [0.25, 0.3) is 0 Å². The Kier molecular flexibility index (Phi) is 2.43. The number of rotatable bonds is 1. The van der Waals surface area contributed by atoms with Gasteiger partial charge in [0.1, 0.15) is 10.4 Å². The highest BCUT2D eigenvalue weighted by Gasteiger charge is 2.20. The molecule has 4 heteroatoms. The van der Waals surface area contributed by atoms with E-state index in [1.165, 1.54) is 12.2 Å². The Balaban J connectivity index is 2.39. The molecule has 1 aliphatic rings. The van der Waals surface area contributed by atoms with Gasteiger partial charge >= 0.3 is 0 Å². The van der Waals surface area contributed by atoms with Crippen molar-refractivity contribution in [3.05, 3.63) is 16.1 Å². The molecule has 1 aromatic heterocycles. The van der Waals surface area contributed by atoms with Crippen LogP contribution in [-0.2, 0) is 19.5 Å². The number of aromatic nitrogens is 2. The van der Waals surface area contributed by atoms with Crippen LogP contribution in [-0.4, -0.2) is 9.55 Å².